The predicted octanol–water partition coefficient (Wildman–Crippen LogP) is 1.24. The molecule has 0 bridgehead atoms. The van der Waals surface area contributed by atoms with Gasteiger partial charge in [-0.3, -0.25) is 4.90 Å². The Morgan fingerprint density at radius 1 is 1.22 bits per heavy atom. The molecule has 2 heterocycles. The molecule has 98 valence electrons. The second kappa shape index (κ2) is 4.33. The Kier molecular flexibility index (Phi) is 2.92. The lowest BCUT2D eigenvalue weighted by atomic mass is 10.0. The van der Waals surface area contributed by atoms with E-state index in [1.54, 1.807) is 12.1 Å². The number of rotatable bonds is 1. The van der Waals surface area contributed by atoms with Gasteiger partial charge in [-0.1, -0.05) is 18.2 Å². The molecule has 2 aliphatic rings. The van der Waals surface area contributed by atoms with E-state index in [2.05, 4.69) is 4.90 Å². The molecule has 0 aliphatic carbocycles. The molecule has 1 aromatic rings. The Labute approximate surface area is 107 Å². The number of hydrogen-bond acceptors (Lipinski definition) is 4. The fourth-order valence-electron chi connectivity index (χ4n) is 2.96. The van der Waals surface area contributed by atoms with Gasteiger partial charge >= 0.3 is 0 Å². The molecule has 4 nitrogen and oxygen atoms in total. The monoisotopic (exact) mass is 267 g/mol. The van der Waals surface area contributed by atoms with Gasteiger partial charge in [0.25, 0.3) is 0 Å². The van der Waals surface area contributed by atoms with Crippen molar-refractivity contribution in [2.45, 2.75) is 23.1 Å². The molecule has 1 aromatic carbocycles. The van der Waals surface area contributed by atoms with Gasteiger partial charge in [-0.05, 0) is 18.6 Å². The SMILES string of the molecule is CC1C(N2CCOCC2)c2ccccc2S1(=O)=O. The molecule has 2 aliphatic heterocycles. The lowest BCUT2D eigenvalue weighted by Gasteiger charge is -2.34. The molecule has 5 heteroatoms. The Morgan fingerprint density at radius 2 is 1.89 bits per heavy atom. The summed E-state index contributed by atoms with van der Waals surface area (Å²) in [5.41, 5.74) is 0.951. The van der Waals surface area contributed by atoms with E-state index in [1.165, 1.54) is 0 Å². The number of nitrogens with zero attached hydrogens (tertiary/aromatic N) is 1. The van der Waals surface area contributed by atoms with Crippen molar-refractivity contribution >= 4 is 9.84 Å². The van der Waals surface area contributed by atoms with Crippen LogP contribution in [0, 0.1) is 0 Å². The minimum atomic E-state index is -3.17. The van der Waals surface area contributed by atoms with E-state index in [1.807, 2.05) is 19.1 Å². The van der Waals surface area contributed by atoms with Gasteiger partial charge < -0.3 is 4.74 Å². The van der Waals surface area contributed by atoms with E-state index in [4.69, 9.17) is 4.74 Å². The summed E-state index contributed by atoms with van der Waals surface area (Å²) < 4.78 is 30.1. The van der Waals surface area contributed by atoms with Gasteiger partial charge in [0.2, 0.25) is 0 Å². The summed E-state index contributed by atoms with van der Waals surface area (Å²) in [6, 6.07) is 7.36. The third-order valence-electron chi connectivity index (χ3n) is 3.92. The van der Waals surface area contributed by atoms with Crippen molar-refractivity contribution in [1.82, 2.24) is 4.90 Å². The van der Waals surface area contributed by atoms with Crippen LogP contribution in [-0.2, 0) is 14.6 Å². The van der Waals surface area contributed by atoms with Gasteiger partial charge in [-0.2, -0.15) is 0 Å². The molecule has 3 rings (SSSR count). The molecule has 0 spiro atoms. The second-order valence-corrected chi connectivity index (χ2v) is 7.15. The van der Waals surface area contributed by atoms with E-state index in [0.717, 1.165) is 18.7 Å². The fraction of sp³-hybridized carbons (Fsp3) is 0.538. The fourth-order valence-corrected chi connectivity index (χ4v) is 4.80. The summed E-state index contributed by atoms with van der Waals surface area (Å²) in [4.78, 5) is 2.74. The van der Waals surface area contributed by atoms with Gasteiger partial charge in [0.15, 0.2) is 9.84 Å². The second-order valence-electron chi connectivity index (χ2n) is 4.88. The molecular weight excluding hydrogens is 250 g/mol. The van der Waals surface area contributed by atoms with Crippen molar-refractivity contribution in [3.05, 3.63) is 29.8 Å². The first-order chi connectivity index (χ1) is 8.62. The van der Waals surface area contributed by atoms with E-state index < -0.39 is 9.84 Å². The first kappa shape index (κ1) is 12.1. The van der Waals surface area contributed by atoms with Crippen molar-refractivity contribution in [2.75, 3.05) is 26.3 Å². The van der Waals surface area contributed by atoms with E-state index >= 15 is 0 Å². The first-order valence-electron chi connectivity index (χ1n) is 6.27. The Hall–Kier alpha value is -0.910. The number of hydrogen-bond donors (Lipinski definition) is 0. The predicted molar refractivity (Wildman–Crippen MR) is 68.2 cm³/mol. The number of benzene rings is 1. The molecular formula is C13H17NO3S. The number of morpholine rings is 1. The molecule has 2 unspecified atom stereocenters. The van der Waals surface area contributed by atoms with Gasteiger partial charge in [0.05, 0.1) is 29.4 Å². The summed E-state index contributed by atoms with van der Waals surface area (Å²) in [6.45, 7) is 4.80. The van der Waals surface area contributed by atoms with Crippen LogP contribution < -0.4 is 0 Å². The zero-order chi connectivity index (χ0) is 12.8. The zero-order valence-corrected chi connectivity index (χ0v) is 11.2. The number of sulfone groups is 1. The summed E-state index contributed by atoms with van der Waals surface area (Å²) in [6.07, 6.45) is 0. The zero-order valence-electron chi connectivity index (χ0n) is 10.4. The maximum Gasteiger partial charge on any atom is 0.183 e. The highest BCUT2D eigenvalue weighted by molar-refractivity contribution is 7.92. The molecule has 0 aromatic heterocycles. The topological polar surface area (TPSA) is 46.6 Å². The van der Waals surface area contributed by atoms with Crippen LogP contribution in [0.15, 0.2) is 29.2 Å². The largest absolute Gasteiger partial charge is 0.379 e. The molecule has 2 atom stereocenters. The van der Waals surface area contributed by atoms with E-state index in [-0.39, 0.29) is 11.3 Å². The highest BCUT2D eigenvalue weighted by atomic mass is 32.2. The minimum absolute atomic E-state index is 0.0184. The van der Waals surface area contributed by atoms with Gasteiger partial charge in [0.1, 0.15) is 0 Å². The van der Waals surface area contributed by atoms with Crippen molar-refractivity contribution in [2.24, 2.45) is 0 Å². The number of ether oxygens (including phenoxy) is 1. The lowest BCUT2D eigenvalue weighted by Crippen LogP contribution is -2.42. The maximum absolute atomic E-state index is 12.4. The van der Waals surface area contributed by atoms with Crippen LogP contribution in [0.2, 0.25) is 0 Å². The highest BCUT2D eigenvalue weighted by Crippen LogP contribution is 2.42. The molecule has 1 saturated heterocycles. The third-order valence-corrected chi connectivity index (χ3v) is 6.14. The first-order valence-corrected chi connectivity index (χ1v) is 7.81. The van der Waals surface area contributed by atoms with Crippen molar-refractivity contribution < 1.29 is 13.2 Å². The standard InChI is InChI=1S/C13H17NO3S/c1-10-13(14-6-8-17-9-7-14)11-4-2-3-5-12(11)18(10,15)16/h2-5,10,13H,6-9H2,1H3. The summed E-state index contributed by atoms with van der Waals surface area (Å²) in [7, 11) is -3.17. The Bertz CT molecular complexity index is 549. The molecule has 0 radical (unpaired) electrons. The summed E-state index contributed by atoms with van der Waals surface area (Å²) >= 11 is 0. The van der Waals surface area contributed by atoms with Crippen LogP contribution in [-0.4, -0.2) is 44.9 Å². The van der Waals surface area contributed by atoms with Gasteiger partial charge in [-0.15, -0.1) is 0 Å². The van der Waals surface area contributed by atoms with Crippen LogP contribution in [0.5, 0.6) is 0 Å². The van der Waals surface area contributed by atoms with Crippen LogP contribution >= 0.6 is 0 Å². The lowest BCUT2D eigenvalue weighted by molar-refractivity contribution is 0.0165. The van der Waals surface area contributed by atoms with Gasteiger partial charge in [-0.25, -0.2) is 8.42 Å². The maximum atomic E-state index is 12.4. The van der Waals surface area contributed by atoms with E-state index in [9.17, 15) is 8.42 Å². The van der Waals surface area contributed by atoms with Crippen LogP contribution in [0.1, 0.15) is 18.5 Å². The molecule has 1 fully saturated rings. The molecule has 0 saturated carbocycles. The molecule has 0 N–H and O–H groups in total. The smallest absolute Gasteiger partial charge is 0.183 e. The van der Waals surface area contributed by atoms with Gasteiger partial charge in [0, 0.05) is 13.1 Å². The Morgan fingerprint density at radius 3 is 2.61 bits per heavy atom. The quantitative estimate of drug-likeness (QED) is 0.768. The van der Waals surface area contributed by atoms with Crippen LogP contribution in [0.3, 0.4) is 0 Å². The number of fused-ring (bicyclic) bond motifs is 1. The highest BCUT2D eigenvalue weighted by Gasteiger charge is 2.44. The van der Waals surface area contributed by atoms with Crippen molar-refractivity contribution in [1.29, 1.82) is 0 Å². The Balaban J connectivity index is 2.05. The summed E-state index contributed by atoms with van der Waals surface area (Å²) in [5, 5.41) is -0.368. The molecule has 0 amide bonds. The van der Waals surface area contributed by atoms with Crippen molar-refractivity contribution in [3.8, 4) is 0 Å². The third kappa shape index (κ3) is 1.69. The normalized spacial score (nSPS) is 31.2. The molecule has 18 heavy (non-hydrogen) atoms. The average molecular weight is 267 g/mol. The average Bonchev–Trinajstić information content (AvgIpc) is 2.60. The minimum Gasteiger partial charge on any atom is -0.379 e. The summed E-state index contributed by atoms with van der Waals surface area (Å²) in [5.74, 6) is 0. The van der Waals surface area contributed by atoms with E-state index in [0.29, 0.717) is 18.1 Å². The van der Waals surface area contributed by atoms with Crippen LogP contribution in [0.4, 0.5) is 0 Å². The van der Waals surface area contributed by atoms with Crippen LogP contribution in [0.25, 0.3) is 0 Å². The van der Waals surface area contributed by atoms with Crippen molar-refractivity contribution in [3.63, 3.8) is 0 Å².